The molecule has 39 heavy (non-hydrogen) atoms. The number of hydrogen-bond donors (Lipinski definition) is 2. The maximum Gasteiger partial charge on any atom is 0.355 e. The minimum Gasteiger partial charge on any atom is -0.355 e. The second kappa shape index (κ2) is 14.8. The molecule has 1 unspecified atom stereocenters. The lowest BCUT2D eigenvalue weighted by atomic mass is 10.2. The van der Waals surface area contributed by atoms with Crippen molar-refractivity contribution in [1.82, 2.24) is 15.7 Å². The van der Waals surface area contributed by atoms with Crippen LogP contribution < -0.4 is 10.6 Å². The number of thioether (sulfide) groups is 2. The Labute approximate surface area is 232 Å². The summed E-state index contributed by atoms with van der Waals surface area (Å²) in [7, 11) is 0. The van der Waals surface area contributed by atoms with Crippen molar-refractivity contribution in [3.8, 4) is 0 Å². The number of carbonyl (C=O) groups is 7. The third-order valence-electron chi connectivity index (χ3n) is 5.25. The van der Waals surface area contributed by atoms with Gasteiger partial charge in [0, 0.05) is 30.5 Å². The summed E-state index contributed by atoms with van der Waals surface area (Å²) in [5, 5.41) is 4.72. The molecule has 1 aliphatic rings. The van der Waals surface area contributed by atoms with Gasteiger partial charge in [-0.05, 0) is 6.42 Å². The van der Waals surface area contributed by atoms with Crippen LogP contribution in [-0.2, 0) is 28.8 Å². The Morgan fingerprint density at radius 1 is 0.769 bits per heavy atom. The Bertz CT molecular complexity index is 1220. The van der Waals surface area contributed by atoms with Crippen molar-refractivity contribution in [2.75, 3.05) is 18.1 Å². The van der Waals surface area contributed by atoms with E-state index in [2.05, 4.69) is 10.6 Å². The first kappa shape index (κ1) is 29.6. The summed E-state index contributed by atoms with van der Waals surface area (Å²) < 4.78 is 0. The number of amides is 4. The van der Waals surface area contributed by atoms with E-state index >= 15 is 0 Å². The summed E-state index contributed by atoms with van der Waals surface area (Å²) in [5.41, 5.74) is 0.860. The number of imide groups is 1. The van der Waals surface area contributed by atoms with Crippen LogP contribution in [0.5, 0.6) is 0 Å². The van der Waals surface area contributed by atoms with Crippen LogP contribution in [-0.4, -0.2) is 69.0 Å². The molecule has 1 heterocycles. The largest absolute Gasteiger partial charge is 0.355 e. The molecule has 1 aliphatic heterocycles. The van der Waals surface area contributed by atoms with E-state index in [-0.39, 0.29) is 47.5 Å². The van der Waals surface area contributed by atoms with Crippen molar-refractivity contribution in [3.63, 3.8) is 0 Å². The summed E-state index contributed by atoms with van der Waals surface area (Å²) in [4.78, 5) is 90.4. The van der Waals surface area contributed by atoms with E-state index in [1.165, 1.54) is 0 Å². The van der Waals surface area contributed by atoms with Crippen LogP contribution in [0.1, 0.15) is 40.0 Å². The minimum absolute atomic E-state index is 0.0864. The van der Waals surface area contributed by atoms with E-state index in [0.29, 0.717) is 16.2 Å². The third kappa shape index (κ3) is 9.37. The molecule has 13 heteroatoms. The topological polar surface area (TPSA) is 156 Å². The molecule has 204 valence electrons. The highest BCUT2D eigenvalue weighted by Gasteiger charge is 2.35. The van der Waals surface area contributed by atoms with Crippen LogP contribution in [0.4, 0.5) is 0 Å². The fourth-order valence-corrected chi connectivity index (χ4v) is 4.60. The molecule has 0 bridgehead atoms. The van der Waals surface area contributed by atoms with E-state index < -0.39 is 35.6 Å². The fourth-order valence-electron chi connectivity index (χ4n) is 3.28. The van der Waals surface area contributed by atoms with Gasteiger partial charge in [-0.25, -0.2) is 4.79 Å². The van der Waals surface area contributed by atoms with E-state index in [4.69, 9.17) is 4.84 Å². The highest BCUT2D eigenvalue weighted by molar-refractivity contribution is 8.14. The second-order valence-electron chi connectivity index (χ2n) is 8.14. The van der Waals surface area contributed by atoms with Crippen molar-refractivity contribution in [2.45, 2.75) is 25.3 Å². The Hall–Kier alpha value is -3.97. The Balaban J connectivity index is 1.52. The summed E-state index contributed by atoms with van der Waals surface area (Å²) in [5.74, 6) is -4.05. The average Bonchev–Trinajstić information content (AvgIpc) is 3.27. The van der Waals surface area contributed by atoms with Crippen LogP contribution >= 0.6 is 23.5 Å². The monoisotopic (exact) mass is 571 g/mol. The summed E-state index contributed by atoms with van der Waals surface area (Å²) in [6.07, 6.45) is -0.339. The maximum atomic E-state index is 12.7. The summed E-state index contributed by atoms with van der Waals surface area (Å²) >= 11 is 1.55. The number of hydroxylamine groups is 2. The average molecular weight is 572 g/mol. The van der Waals surface area contributed by atoms with E-state index in [1.807, 2.05) is 0 Å². The van der Waals surface area contributed by atoms with Crippen molar-refractivity contribution < 1.29 is 38.4 Å². The van der Waals surface area contributed by atoms with Crippen LogP contribution in [0, 0.1) is 0 Å². The van der Waals surface area contributed by atoms with Gasteiger partial charge in [-0.3, -0.25) is 28.8 Å². The number of nitrogens with zero attached hydrogens (tertiary/aromatic N) is 1. The van der Waals surface area contributed by atoms with Crippen molar-refractivity contribution in [3.05, 3.63) is 71.8 Å². The van der Waals surface area contributed by atoms with Crippen LogP contribution in [0.15, 0.2) is 60.7 Å². The SMILES string of the molecule is O=C(CSC(=O)c1ccccc1)NCCC(NC(=O)CSC(=O)c1ccccc1)C(=O)ON1C(=O)CCC1=O. The number of hydrogen-bond acceptors (Lipinski definition) is 10. The highest BCUT2D eigenvalue weighted by atomic mass is 32.2. The molecule has 1 saturated heterocycles. The molecule has 2 aromatic carbocycles. The van der Waals surface area contributed by atoms with Gasteiger partial charge in [0.1, 0.15) is 6.04 Å². The lowest BCUT2D eigenvalue weighted by Crippen LogP contribution is -2.47. The van der Waals surface area contributed by atoms with Gasteiger partial charge < -0.3 is 15.5 Å². The summed E-state index contributed by atoms with van der Waals surface area (Å²) in [6, 6.07) is 15.4. The lowest BCUT2D eigenvalue weighted by molar-refractivity contribution is -0.199. The normalized spacial score (nSPS) is 13.5. The van der Waals surface area contributed by atoms with Gasteiger partial charge in [0.05, 0.1) is 11.5 Å². The number of benzene rings is 2. The van der Waals surface area contributed by atoms with Gasteiger partial charge in [-0.15, -0.1) is 5.06 Å². The molecule has 11 nitrogen and oxygen atoms in total. The molecular formula is C26H25N3O8S2. The highest BCUT2D eigenvalue weighted by Crippen LogP contribution is 2.15. The molecule has 1 atom stereocenters. The van der Waals surface area contributed by atoms with Gasteiger partial charge in [0.2, 0.25) is 22.0 Å². The first-order valence-corrected chi connectivity index (χ1v) is 13.8. The molecule has 0 saturated carbocycles. The van der Waals surface area contributed by atoms with Crippen LogP contribution in [0.2, 0.25) is 0 Å². The summed E-state index contributed by atoms with van der Waals surface area (Å²) in [6.45, 7) is -0.0864. The lowest BCUT2D eigenvalue weighted by Gasteiger charge is -2.20. The van der Waals surface area contributed by atoms with Crippen LogP contribution in [0.3, 0.4) is 0 Å². The van der Waals surface area contributed by atoms with E-state index in [9.17, 15) is 33.6 Å². The Kier molecular flexibility index (Phi) is 11.3. The maximum absolute atomic E-state index is 12.7. The van der Waals surface area contributed by atoms with E-state index in [1.54, 1.807) is 60.7 Å². The smallest absolute Gasteiger partial charge is 0.355 e. The molecule has 0 aromatic heterocycles. The molecule has 3 rings (SSSR count). The quantitative estimate of drug-likeness (QED) is 0.360. The molecule has 2 N–H and O–H groups in total. The predicted molar refractivity (Wildman–Crippen MR) is 143 cm³/mol. The first-order valence-electron chi connectivity index (χ1n) is 11.8. The Morgan fingerprint density at radius 3 is 1.77 bits per heavy atom. The molecule has 0 spiro atoms. The van der Waals surface area contributed by atoms with Crippen molar-refractivity contribution in [1.29, 1.82) is 0 Å². The first-order chi connectivity index (χ1) is 18.7. The van der Waals surface area contributed by atoms with Gasteiger partial charge >= 0.3 is 5.97 Å². The van der Waals surface area contributed by atoms with Crippen LogP contribution in [0.25, 0.3) is 0 Å². The second-order valence-corrected chi connectivity index (χ2v) is 10.0. The molecular weight excluding hydrogens is 546 g/mol. The Morgan fingerprint density at radius 2 is 1.26 bits per heavy atom. The molecule has 1 fully saturated rings. The minimum atomic E-state index is -1.33. The van der Waals surface area contributed by atoms with Crippen molar-refractivity contribution >= 4 is 63.4 Å². The standard InChI is InChI=1S/C26H25N3O8S2/c30-20(15-38-25(35)17-7-3-1-4-8-17)27-14-13-19(24(34)37-29-22(32)11-12-23(29)33)28-21(31)16-39-26(36)18-9-5-2-6-10-18/h1-10,19H,11-16H2,(H,27,30)(H,28,31). The number of carbonyl (C=O) groups excluding carboxylic acids is 7. The molecule has 4 amide bonds. The van der Waals surface area contributed by atoms with E-state index in [0.717, 1.165) is 23.5 Å². The third-order valence-corrected chi connectivity index (χ3v) is 7.06. The zero-order valence-corrected chi connectivity index (χ0v) is 22.3. The predicted octanol–water partition coefficient (Wildman–Crippen LogP) is 1.73. The van der Waals surface area contributed by atoms with Gasteiger partial charge in [-0.1, -0.05) is 84.2 Å². The van der Waals surface area contributed by atoms with Crippen molar-refractivity contribution in [2.24, 2.45) is 0 Å². The fraction of sp³-hybridized carbons (Fsp3) is 0.269. The van der Waals surface area contributed by atoms with Gasteiger partial charge in [0.15, 0.2) is 0 Å². The number of nitrogens with one attached hydrogen (secondary N) is 2. The van der Waals surface area contributed by atoms with Gasteiger partial charge in [0.25, 0.3) is 11.8 Å². The molecule has 0 aliphatic carbocycles. The zero-order valence-electron chi connectivity index (χ0n) is 20.6. The molecule has 0 radical (unpaired) electrons. The zero-order chi connectivity index (χ0) is 28.2. The number of rotatable bonds is 12. The molecule has 2 aromatic rings. The van der Waals surface area contributed by atoms with Gasteiger partial charge in [-0.2, -0.15) is 0 Å².